The molecular weight excluding hydrogens is 528 g/mol. The van der Waals surface area contributed by atoms with Crippen LogP contribution in [-0.2, 0) is 14.3 Å². The van der Waals surface area contributed by atoms with Gasteiger partial charge in [-0.05, 0) is 55.8 Å². The van der Waals surface area contributed by atoms with E-state index in [0.717, 1.165) is 32.1 Å². The molecule has 0 spiro atoms. The fourth-order valence-corrected chi connectivity index (χ4v) is 9.93. The molecule has 5 rings (SSSR count). The van der Waals surface area contributed by atoms with Gasteiger partial charge in [0.1, 0.15) is 23.3 Å². The molecule has 0 unspecified atom stereocenters. The van der Waals surface area contributed by atoms with Gasteiger partial charge in [-0.15, -0.1) is 18.3 Å². The molecule has 9 heteroatoms. The molecule has 1 aromatic rings. The normalized spacial score (nSPS) is 41.4. The van der Waals surface area contributed by atoms with Gasteiger partial charge in [-0.3, -0.25) is 19.2 Å². The zero-order valence-electron chi connectivity index (χ0n) is 24.2. The number of rotatable bonds is 7. The highest BCUT2D eigenvalue weighted by atomic mass is 32.2. The SMILES string of the molecule is C=C[C@]1(C)C[C@@H](OC(=O)CSC[C@@H]2CCCN2c2c(N)c(=O)c2=O)[C@]2(C)[C@H](C)CC[C@]3(CCC(=O)[C@H]32)[C@@H](C)[C@@H]1O. The lowest BCUT2D eigenvalue weighted by Crippen LogP contribution is -2.63. The quantitative estimate of drug-likeness (QED) is 0.287. The monoisotopic (exact) mass is 572 g/mol. The van der Waals surface area contributed by atoms with E-state index in [1.165, 1.54) is 11.8 Å². The number of anilines is 2. The third-order valence-electron chi connectivity index (χ3n) is 11.7. The molecule has 1 saturated heterocycles. The number of ether oxygens (including phenoxy) is 1. The lowest BCUT2D eigenvalue weighted by Gasteiger charge is -2.61. The van der Waals surface area contributed by atoms with Gasteiger partial charge in [0, 0.05) is 41.5 Å². The van der Waals surface area contributed by atoms with Crippen molar-refractivity contribution in [2.75, 3.05) is 28.7 Å². The van der Waals surface area contributed by atoms with Crippen LogP contribution in [0.3, 0.4) is 0 Å². The zero-order valence-corrected chi connectivity index (χ0v) is 25.1. The molecule has 0 radical (unpaired) electrons. The summed E-state index contributed by atoms with van der Waals surface area (Å²) in [6.45, 7) is 13.2. The number of hydrogen-bond acceptors (Lipinski definition) is 9. The van der Waals surface area contributed by atoms with Gasteiger partial charge in [-0.2, -0.15) is 0 Å². The molecule has 0 aromatic heterocycles. The Hall–Kier alpha value is -2.13. The smallest absolute Gasteiger partial charge is 0.316 e. The van der Waals surface area contributed by atoms with Gasteiger partial charge >= 0.3 is 5.97 Å². The highest BCUT2D eigenvalue weighted by Gasteiger charge is 2.68. The Morgan fingerprint density at radius 2 is 1.93 bits per heavy atom. The molecule has 1 heterocycles. The van der Waals surface area contributed by atoms with Crippen LogP contribution in [0.5, 0.6) is 0 Å². The molecule has 3 saturated carbocycles. The minimum absolute atomic E-state index is 0.0260. The Morgan fingerprint density at radius 3 is 2.60 bits per heavy atom. The number of aliphatic hydroxyl groups is 1. The van der Waals surface area contributed by atoms with Crippen LogP contribution in [0.4, 0.5) is 11.4 Å². The number of Topliss-reactive ketones (excluding diaryl/α,β-unsaturated/α-hetero) is 1. The summed E-state index contributed by atoms with van der Waals surface area (Å²) in [6, 6.07) is 0.0260. The van der Waals surface area contributed by atoms with E-state index in [2.05, 4.69) is 27.4 Å². The number of nitrogens with zero attached hydrogens (tertiary/aromatic N) is 1. The predicted molar refractivity (Wildman–Crippen MR) is 158 cm³/mol. The highest BCUT2D eigenvalue weighted by molar-refractivity contribution is 7.99. The van der Waals surface area contributed by atoms with Crippen molar-refractivity contribution < 1.29 is 19.4 Å². The molecule has 2 bridgehead atoms. The Kier molecular flexibility index (Phi) is 7.56. The van der Waals surface area contributed by atoms with Crippen molar-refractivity contribution in [3.63, 3.8) is 0 Å². The van der Waals surface area contributed by atoms with Crippen LogP contribution in [-0.4, -0.2) is 53.2 Å². The zero-order chi connectivity index (χ0) is 29.2. The molecular formula is C31H44N2O6S. The molecule has 8 nitrogen and oxygen atoms in total. The van der Waals surface area contributed by atoms with E-state index >= 15 is 0 Å². The van der Waals surface area contributed by atoms with Gasteiger partial charge in [0.25, 0.3) is 10.9 Å². The third-order valence-corrected chi connectivity index (χ3v) is 12.8. The molecule has 4 fully saturated rings. The van der Waals surface area contributed by atoms with Crippen LogP contribution in [0.1, 0.15) is 72.6 Å². The molecule has 3 aliphatic carbocycles. The lowest BCUT2D eigenvalue weighted by atomic mass is 9.44. The second-order valence-corrected chi connectivity index (χ2v) is 14.5. The second-order valence-electron chi connectivity index (χ2n) is 13.5. The van der Waals surface area contributed by atoms with Crippen molar-refractivity contribution in [1.29, 1.82) is 0 Å². The summed E-state index contributed by atoms with van der Waals surface area (Å²) in [4.78, 5) is 52.5. The van der Waals surface area contributed by atoms with Gasteiger partial charge in [0.2, 0.25) is 0 Å². The highest BCUT2D eigenvalue weighted by Crippen LogP contribution is 2.68. The minimum Gasteiger partial charge on any atom is -0.461 e. The average molecular weight is 573 g/mol. The fraction of sp³-hybridized carbons (Fsp3) is 0.742. The van der Waals surface area contributed by atoms with Gasteiger partial charge in [0.05, 0.1) is 11.9 Å². The van der Waals surface area contributed by atoms with Crippen LogP contribution in [0, 0.1) is 34.0 Å². The van der Waals surface area contributed by atoms with Crippen LogP contribution in [0.2, 0.25) is 0 Å². The summed E-state index contributed by atoms with van der Waals surface area (Å²) in [5, 5.41) is 11.7. The van der Waals surface area contributed by atoms with Crippen molar-refractivity contribution >= 4 is 34.9 Å². The van der Waals surface area contributed by atoms with Gasteiger partial charge in [0.15, 0.2) is 0 Å². The number of aliphatic hydroxyl groups excluding tert-OH is 1. The Morgan fingerprint density at radius 1 is 1.20 bits per heavy atom. The summed E-state index contributed by atoms with van der Waals surface area (Å²) < 4.78 is 6.33. The summed E-state index contributed by atoms with van der Waals surface area (Å²) in [7, 11) is 0. The van der Waals surface area contributed by atoms with E-state index in [1.54, 1.807) is 0 Å². The van der Waals surface area contributed by atoms with E-state index in [0.29, 0.717) is 30.8 Å². The number of carbonyl (C=O) groups is 2. The maximum absolute atomic E-state index is 13.5. The predicted octanol–water partition coefficient (Wildman–Crippen LogP) is 3.47. The van der Waals surface area contributed by atoms with Gasteiger partial charge in [-0.1, -0.05) is 33.8 Å². The largest absolute Gasteiger partial charge is 0.461 e. The van der Waals surface area contributed by atoms with E-state index in [1.807, 2.05) is 17.9 Å². The first-order valence-corrected chi connectivity index (χ1v) is 15.9. The van der Waals surface area contributed by atoms with Crippen molar-refractivity contribution in [2.45, 2.75) is 90.9 Å². The van der Waals surface area contributed by atoms with E-state index < -0.39 is 33.9 Å². The molecule has 1 aromatic carbocycles. The van der Waals surface area contributed by atoms with Gasteiger partial charge < -0.3 is 20.5 Å². The number of thioether (sulfide) groups is 1. The first kappa shape index (κ1) is 29.4. The molecule has 9 atom stereocenters. The second kappa shape index (κ2) is 10.3. The Labute approximate surface area is 240 Å². The van der Waals surface area contributed by atoms with Crippen LogP contribution >= 0.6 is 11.8 Å². The third kappa shape index (κ3) is 4.20. The standard InChI is InChI=1S/C31H44N2O6S/c1-6-29(4)14-21(30(5)17(2)9-11-31(18(3)28(29)38)12-10-20(34)27(30)31)39-22(35)16-40-15-19-8-7-13-33(19)24-23(32)25(36)26(24)37/h6,17-19,21,27-28,38H,1,7-16,32H2,2-5H3/t17-,18+,19+,21-,27+,28+,29-,30+,31+/m1/s1. The van der Waals surface area contributed by atoms with E-state index in [9.17, 15) is 24.3 Å². The minimum atomic E-state index is -0.692. The average Bonchev–Trinajstić information content (AvgIpc) is 3.53. The first-order chi connectivity index (χ1) is 18.8. The Bertz CT molecular complexity index is 1270. The van der Waals surface area contributed by atoms with E-state index in [4.69, 9.17) is 10.5 Å². The van der Waals surface area contributed by atoms with Crippen molar-refractivity contribution in [2.24, 2.45) is 34.0 Å². The molecule has 3 N–H and O–H groups in total. The summed E-state index contributed by atoms with van der Waals surface area (Å²) in [5.41, 5.74) is 3.54. The number of esters is 1. The number of ketones is 1. The van der Waals surface area contributed by atoms with Crippen LogP contribution in [0.15, 0.2) is 22.2 Å². The topological polar surface area (TPSA) is 127 Å². The first-order valence-electron chi connectivity index (χ1n) is 14.8. The summed E-state index contributed by atoms with van der Waals surface area (Å²) in [6.07, 6.45) is 5.87. The molecule has 220 valence electrons. The maximum atomic E-state index is 13.5. The molecule has 40 heavy (non-hydrogen) atoms. The Balaban J connectivity index is 1.34. The van der Waals surface area contributed by atoms with E-state index in [-0.39, 0.29) is 52.4 Å². The number of nitrogens with two attached hydrogens (primary N) is 1. The number of nitrogen functional groups attached to an aromatic ring is 1. The number of carbonyl (C=O) groups excluding carboxylic acids is 2. The fourth-order valence-electron chi connectivity index (χ4n) is 8.96. The molecule has 1 aliphatic heterocycles. The van der Waals surface area contributed by atoms with Crippen molar-refractivity contribution in [1.82, 2.24) is 0 Å². The lowest BCUT2D eigenvalue weighted by molar-refractivity contribution is -0.205. The molecule has 0 amide bonds. The van der Waals surface area contributed by atoms with Crippen LogP contribution < -0.4 is 21.5 Å². The number of hydrogen-bond donors (Lipinski definition) is 2. The van der Waals surface area contributed by atoms with Crippen molar-refractivity contribution in [3.05, 3.63) is 33.1 Å². The maximum Gasteiger partial charge on any atom is 0.316 e. The van der Waals surface area contributed by atoms with Crippen LogP contribution in [0.25, 0.3) is 0 Å². The summed E-state index contributed by atoms with van der Waals surface area (Å²) in [5.74, 6) is 0.520. The van der Waals surface area contributed by atoms with Crippen molar-refractivity contribution in [3.8, 4) is 0 Å². The summed E-state index contributed by atoms with van der Waals surface area (Å²) >= 11 is 1.45. The van der Waals surface area contributed by atoms with Gasteiger partial charge in [-0.25, -0.2) is 0 Å². The molecule has 4 aliphatic rings.